The molecule has 6 heteroatoms. The lowest BCUT2D eigenvalue weighted by Gasteiger charge is -2.45. The van der Waals surface area contributed by atoms with Crippen molar-refractivity contribution in [1.82, 2.24) is 26.1 Å². The average Bonchev–Trinajstić information content (AvgIpc) is 3.00. The Hall–Kier alpha value is -1.63. The van der Waals surface area contributed by atoms with Crippen LogP contribution in [0.25, 0.3) is 10.9 Å². The van der Waals surface area contributed by atoms with Crippen LogP contribution in [0.1, 0.15) is 23.5 Å². The lowest BCUT2D eigenvalue weighted by Crippen LogP contribution is -2.52. The van der Waals surface area contributed by atoms with E-state index in [1.165, 1.54) is 28.5 Å². The highest BCUT2D eigenvalue weighted by molar-refractivity contribution is 7.80. The van der Waals surface area contributed by atoms with Gasteiger partial charge in [-0.05, 0) is 55.2 Å². The first-order valence-electron chi connectivity index (χ1n) is 8.67. The van der Waals surface area contributed by atoms with E-state index in [1.807, 2.05) is 7.05 Å². The maximum atomic E-state index is 5.12. The molecule has 4 N–H and O–H groups in total. The van der Waals surface area contributed by atoms with Gasteiger partial charge in [-0.1, -0.05) is 12.1 Å². The molecule has 5 nitrogen and oxygen atoms in total. The summed E-state index contributed by atoms with van der Waals surface area (Å²) >= 11 is 5.12. The van der Waals surface area contributed by atoms with Crippen molar-refractivity contribution >= 4 is 28.2 Å². The van der Waals surface area contributed by atoms with Crippen molar-refractivity contribution in [3.8, 4) is 0 Å². The zero-order chi connectivity index (χ0) is 16.7. The van der Waals surface area contributed by atoms with Crippen molar-refractivity contribution in [1.29, 1.82) is 0 Å². The van der Waals surface area contributed by atoms with Gasteiger partial charge in [-0.15, -0.1) is 0 Å². The normalized spacial score (nSPS) is 26.2. The molecule has 2 aliphatic rings. The first kappa shape index (κ1) is 15.9. The number of aromatic amines is 1. The zero-order valence-corrected chi connectivity index (χ0v) is 15.0. The van der Waals surface area contributed by atoms with Gasteiger partial charge in [0.25, 0.3) is 0 Å². The van der Waals surface area contributed by atoms with Crippen LogP contribution in [0, 0.1) is 5.92 Å². The van der Waals surface area contributed by atoms with Gasteiger partial charge in [-0.2, -0.15) is 0 Å². The SMILES string of the molecule is CNC(=S)NNCC1C[C@@H]2c3cccc4[nH]cc(c34)C[C@H]2N(C)C1. The minimum Gasteiger partial charge on any atom is -0.365 e. The van der Waals surface area contributed by atoms with Crippen molar-refractivity contribution < 1.29 is 0 Å². The monoisotopic (exact) mass is 343 g/mol. The molecule has 1 aliphatic carbocycles. The molecule has 3 atom stereocenters. The quantitative estimate of drug-likeness (QED) is 0.505. The van der Waals surface area contributed by atoms with E-state index in [-0.39, 0.29) is 0 Å². The van der Waals surface area contributed by atoms with Gasteiger partial charge in [0, 0.05) is 49.2 Å². The second-order valence-electron chi connectivity index (χ2n) is 7.09. The van der Waals surface area contributed by atoms with Crippen molar-refractivity contribution in [2.24, 2.45) is 5.92 Å². The number of H-pyrrole nitrogens is 1. The number of hydrogen-bond donors (Lipinski definition) is 4. The van der Waals surface area contributed by atoms with Gasteiger partial charge in [0.15, 0.2) is 5.11 Å². The van der Waals surface area contributed by atoms with Crippen LogP contribution in [0.5, 0.6) is 0 Å². The van der Waals surface area contributed by atoms with E-state index in [1.54, 1.807) is 0 Å². The standard InChI is InChI=1S/C18H25N5S/c1-19-18(24)22-21-8-11-6-14-13-4-3-5-15-17(13)12(9-20-15)7-16(14)23(2)10-11/h3-5,9,11,14,16,20-21H,6-8,10H2,1-2H3,(H2,19,22,24)/t11?,14-,16-/m1/s1. The van der Waals surface area contributed by atoms with Gasteiger partial charge in [0.2, 0.25) is 0 Å². The Kier molecular flexibility index (Phi) is 4.20. The molecule has 1 fully saturated rings. The molecule has 0 radical (unpaired) electrons. The smallest absolute Gasteiger partial charge is 0.180 e. The third-order valence-electron chi connectivity index (χ3n) is 5.63. The summed E-state index contributed by atoms with van der Waals surface area (Å²) in [7, 11) is 4.10. The maximum Gasteiger partial charge on any atom is 0.180 e. The average molecular weight is 344 g/mol. The van der Waals surface area contributed by atoms with E-state index in [2.05, 4.69) is 57.5 Å². The second kappa shape index (κ2) is 6.35. The van der Waals surface area contributed by atoms with Gasteiger partial charge in [0.1, 0.15) is 0 Å². The molecule has 1 saturated heterocycles. The molecule has 1 unspecified atom stereocenters. The number of rotatable bonds is 3. The highest BCUT2D eigenvalue weighted by Crippen LogP contribution is 2.44. The highest BCUT2D eigenvalue weighted by atomic mass is 32.1. The summed E-state index contributed by atoms with van der Waals surface area (Å²) in [6.45, 7) is 2.04. The van der Waals surface area contributed by atoms with Gasteiger partial charge in [0.05, 0.1) is 0 Å². The van der Waals surface area contributed by atoms with Crippen LogP contribution in [0.2, 0.25) is 0 Å². The molecule has 4 rings (SSSR count). The first-order valence-corrected chi connectivity index (χ1v) is 9.08. The first-order chi connectivity index (χ1) is 11.7. The van der Waals surface area contributed by atoms with E-state index < -0.39 is 0 Å². The molecule has 2 heterocycles. The fourth-order valence-corrected chi connectivity index (χ4v) is 4.61. The van der Waals surface area contributed by atoms with Crippen LogP contribution in [-0.4, -0.2) is 48.2 Å². The van der Waals surface area contributed by atoms with Gasteiger partial charge in [-0.25, -0.2) is 5.43 Å². The van der Waals surface area contributed by atoms with Gasteiger partial charge >= 0.3 is 0 Å². The Labute approximate surface area is 148 Å². The molecular formula is C18H25N5S. The van der Waals surface area contributed by atoms with E-state index in [4.69, 9.17) is 12.2 Å². The van der Waals surface area contributed by atoms with Crippen molar-refractivity contribution in [2.75, 3.05) is 27.2 Å². The molecule has 1 aromatic carbocycles. The topological polar surface area (TPSA) is 55.1 Å². The minimum atomic E-state index is 0.610. The minimum absolute atomic E-state index is 0.610. The lowest BCUT2D eigenvalue weighted by atomic mass is 9.72. The number of hydrogen-bond acceptors (Lipinski definition) is 3. The molecule has 0 amide bonds. The summed E-state index contributed by atoms with van der Waals surface area (Å²) in [6.07, 6.45) is 4.58. The number of fused-ring (bicyclic) bond motifs is 2. The Balaban J connectivity index is 1.54. The van der Waals surface area contributed by atoms with E-state index in [0.29, 0.717) is 23.0 Å². The number of likely N-dealkylation sites (N-methyl/N-ethyl adjacent to an activating group) is 1. The molecule has 0 saturated carbocycles. The lowest BCUT2D eigenvalue weighted by molar-refractivity contribution is 0.110. The maximum absolute atomic E-state index is 5.12. The van der Waals surface area contributed by atoms with Crippen LogP contribution in [-0.2, 0) is 6.42 Å². The highest BCUT2D eigenvalue weighted by Gasteiger charge is 2.39. The summed E-state index contributed by atoms with van der Waals surface area (Å²) in [5.74, 6) is 1.22. The number of piperidine rings is 1. The summed E-state index contributed by atoms with van der Waals surface area (Å²) < 4.78 is 0. The van der Waals surface area contributed by atoms with Gasteiger partial charge in [-0.3, -0.25) is 5.43 Å². The largest absolute Gasteiger partial charge is 0.365 e. The number of nitrogens with zero attached hydrogens (tertiary/aromatic N) is 1. The van der Waals surface area contributed by atoms with Crippen LogP contribution in [0.4, 0.5) is 0 Å². The van der Waals surface area contributed by atoms with E-state index in [0.717, 1.165) is 19.5 Å². The third kappa shape index (κ3) is 2.68. The third-order valence-corrected chi connectivity index (χ3v) is 5.94. The Morgan fingerprint density at radius 3 is 3.12 bits per heavy atom. The van der Waals surface area contributed by atoms with Crippen LogP contribution < -0.4 is 16.2 Å². The number of thiocarbonyl (C=S) groups is 1. The molecule has 0 bridgehead atoms. The van der Waals surface area contributed by atoms with Gasteiger partial charge < -0.3 is 15.2 Å². The predicted octanol–water partition coefficient (Wildman–Crippen LogP) is 1.73. The molecule has 1 aliphatic heterocycles. The number of benzene rings is 1. The zero-order valence-electron chi connectivity index (χ0n) is 14.2. The summed E-state index contributed by atoms with van der Waals surface area (Å²) in [4.78, 5) is 5.99. The van der Waals surface area contributed by atoms with Crippen LogP contribution in [0.3, 0.4) is 0 Å². The second-order valence-corrected chi connectivity index (χ2v) is 7.50. The van der Waals surface area contributed by atoms with Crippen molar-refractivity contribution in [2.45, 2.75) is 24.8 Å². The van der Waals surface area contributed by atoms with E-state index in [9.17, 15) is 0 Å². The molecule has 24 heavy (non-hydrogen) atoms. The van der Waals surface area contributed by atoms with Crippen molar-refractivity contribution in [3.63, 3.8) is 0 Å². The number of hydrazine groups is 1. The molecular weight excluding hydrogens is 318 g/mol. The summed E-state index contributed by atoms with van der Waals surface area (Å²) in [5.41, 5.74) is 10.6. The Bertz CT molecular complexity index is 755. The number of nitrogens with one attached hydrogen (secondary N) is 4. The van der Waals surface area contributed by atoms with Crippen LogP contribution >= 0.6 is 12.2 Å². The van der Waals surface area contributed by atoms with Crippen molar-refractivity contribution in [3.05, 3.63) is 35.5 Å². The fourth-order valence-electron chi connectivity index (χ4n) is 4.54. The number of aromatic nitrogens is 1. The number of likely N-dealkylation sites (tertiary alicyclic amines) is 1. The molecule has 2 aromatic rings. The molecule has 1 aromatic heterocycles. The Morgan fingerprint density at radius 2 is 2.29 bits per heavy atom. The summed E-state index contributed by atoms with van der Waals surface area (Å²) in [5, 5.41) is 5.03. The molecule has 0 spiro atoms. The summed E-state index contributed by atoms with van der Waals surface area (Å²) in [6, 6.07) is 7.32. The predicted molar refractivity (Wildman–Crippen MR) is 102 cm³/mol. The Morgan fingerprint density at radius 1 is 1.42 bits per heavy atom. The van der Waals surface area contributed by atoms with E-state index >= 15 is 0 Å². The fraction of sp³-hybridized carbons (Fsp3) is 0.500. The molecule has 128 valence electrons. The van der Waals surface area contributed by atoms with Crippen LogP contribution in [0.15, 0.2) is 24.4 Å².